The smallest absolute Gasteiger partial charge is 0.273 e. The van der Waals surface area contributed by atoms with Crippen LogP contribution in [0.2, 0.25) is 0 Å². The molecule has 1 aliphatic heterocycles. The minimum absolute atomic E-state index is 0.142. The first kappa shape index (κ1) is 17.2. The fraction of sp³-hybridized carbons (Fsp3) is 0.368. The Balaban J connectivity index is 1.89. The van der Waals surface area contributed by atoms with Gasteiger partial charge >= 0.3 is 0 Å². The van der Waals surface area contributed by atoms with Crippen molar-refractivity contribution in [2.45, 2.75) is 25.9 Å². The van der Waals surface area contributed by atoms with Crippen LogP contribution in [0.1, 0.15) is 29.7 Å². The van der Waals surface area contributed by atoms with E-state index in [0.29, 0.717) is 12.3 Å². The number of ether oxygens (including phenoxy) is 2. The average Bonchev–Trinajstić information content (AvgIpc) is 2.63. The Morgan fingerprint density at radius 1 is 1.20 bits per heavy atom. The second-order valence-electron chi connectivity index (χ2n) is 6.19. The summed E-state index contributed by atoms with van der Waals surface area (Å²) in [5, 5.41) is 11.3. The van der Waals surface area contributed by atoms with E-state index in [1.54, 1.807) is 26.4 Å². The number of nitrogens with zero attached hydrogens (tertiary/aromatic N) is 2. The summed E-state index contributed by atoms with van der Waals surface area (Å²) in [4.78, 5) is 13.2. The summed E-state index contributed by atoms with van der Waals surface area (Å²) in [6, 6.07) is 11.1. The summed E-state index contributed by atoms with van der Waals surface area (Å²) in [6.07, 6.45) is 0.876. The van der Waals surface area contributed by atoms with E-state index in [1.807, 2.05) is 24.3 Å². The van der Waals surface area contributed by atoms with Gasteiger partial charge < -0.3 is 9.47 Å². The van der Waals surface area contributed by atoms with Crippen molar-refractivity contribution in [3.05, 3.63) is 63.2 Å². The summed E-state index contributed by atoms with van der Waals surface area (Å²) in [6.45, 7) is 3.51. The number of methoxy groups -OCH3 is 2. The molecule has 0 N–H and O–H groups in total. The Morgan fingerprint density at radius 3 is 2.56 bits per heavy atom. The van der Waals surface area contributed by atoms with Gasteiger partial charge in [-0.2, -0.15) is 0 Å². The molecule has 0 fully saturated rings. The number of fused-ring (bicyclic) bond motifs is 1. The molecular weight excluding hydrogens is 320 g/mol. The van der Waals surface area contributed by atoms with Crippen molar-refractivity contribution < 1.29 is 14.4 Å². The monoisotopic (exact) mass is 342 g/mol. The van der Waals surface area contributed by atoms with Gasteiger partial charge in [-0.3, -0.25) is 15.0 Å². The van der Waals surface area contributed by atoms with Gasteiger partial charge in [-0.1, -0.05) is 18.2 Å². The Bertz CT molecular complexity index is 791. The zero-order chi connectivity index (χ0) is 18.0. The molecule has 1 unspecified atom stereocenters. The third-order valence-corrected chi connectivity index (χ3v) is 4.87. The molecule has 1 heterocycles. The Labute approximate surface area is 147 Å². The molecular formula is C19H22N2O4. The van der Waals surface area contributed by atoms with E-state index >= 15 is 0 Å². The standard InChI is InChI=1S/C19H22N2O4/c1-13-16-11-19(25-3)18(24-2)10-14(16)8-9-20(13)12-15-6-4-5-7-17(15)21(22)23/h4-7,10-11,13H,8-9,12H2,1-3H3. The molecule has 0 saturated carbocycles. The SMILES string of the molecule is COc1cc2c(cc1OC)C(C)N(Cc1ccccc1[N+](=O)[O-])CC2. The topological polar surface area (TPSA) is 64.8 Å². The normalized spacial score (nSPS) is 17.0. The largest absolute Gasteiger partial charge is 0.493 e. The molecule has 2 aromatic carbocycles. The minimum atomic E-state index is -0.314. The molecule has 1 aliphatic rings. The van der Waals surface area contributed by atoms with E-state index < -0.39 is 0 Å². The van der Waals surface area contributed by atoms with Gasteiger partial charge in [-0.15, -0.1) is 0 Å². The molecule has 0 saturated heterocycles. The molecule has 0 bridgehead atoms. The van der Waals surface area contributed by atoms with Crippen LogP contribution in [0.25, 0.3) is 0 Å². The Hall–Kier alpha value is -2.60. The first-order valence-corrected chi connectivity index (χ1v) is 8.26. The van der Waals surface area contributed by atoms with Crippen LogP contribution in [0.15, 0.2) is 36.4 Å². The second kappa shape index (κ2) is 7.11. The van der Waals surface area contributed by atoms with Crippen molar-refractivity contribution in [2.75, 3.05) is 20.8 Å². The highest BCUT2D eigenvalue weighted by molar-refractivity contribution is 5.49. The predicted octanol–water partition coefficient (Wildman–Crippen LogP) is 3.73. The van der Waals surface area contributed by atoms with Gasteiger partial charge in [-0.25, -0.2) is 0 Å². The van der Waals surface area contributed by atoms with Gasteiger partial charge in [0.15, 0.2) is 11.5 Å². The van der Waals surface area contributed by atoms with Crippen molar-refractivity contribution in [1.29, 1.82) is 0 Å². The summed E-state index contributed by atoms with van der Waals surface area (Å²) in [5.41, 5.74) is 3.34. The van der Waals surface area contributed by atoms with E-state index in [-0.39, 0.29) is 16.7 Å². The molecule has 3 rings (SSSR count). The number of hydrogen-bond donors (Lipinski definition) is 0. The fourth-order valence-corrected chi connectivity index (χ4v) is 3.45. The molecule has 6 nitrogen and oxygen atoms in total. The van der Waals surface area contributed by atoms with Gasteiger partial charge in [0.05, 0.1) is 19.1 Å². The number of nitro benzene ring substituents is 1. The summed E-state index contributed by atoms with van der Waals surface area (Å²) in [5.74, 6) is 1.45. The van der Waals surface area contributed by atoms with Crippen LogP contribution >= 0.6 is 0 Å². The van der Waals surface area contributed by atoms with E-state index in [1.165, 1.54) is 11.1 Å². The summed E-state index contributed by atoms with van der Waals surface area (Å²) < 4.78 is 10.8. The maximum Gasteiger partial charge on any atom is 0.273 e. The third kappa shape index (κ3) is 3.30. The molecule has 0 radical (unpaired) electrons. The summed E-state index contributed by atoms with van der Waals surface area (Å²) in [7, 11) is 3.26. The van der Waals surface area contributed by atoms with E-state index in [4.69, 9.17) is 9.47 Å². The van der Waals surface area contributed by atoms with E-state index in [0.717, 1.165) is 24.3 Å². The van der Waals surface area contributed by atoms with Gasteiger partial charge in [0, 0.05) is 30.8 Å². The number of nitro groups is 1. The zero-order valence-electron chi connectivity index (χ0n) is 14.7. The number of para-hydroxylation sites is 1. The zero-order valence-corrected chi connectivity index (χ0v) is 14.7. The molecule has 0 aromatic heterocycles. The van der Waals surface area contributed by atoms with Crippen molar-refractivity contribution >= 4 is 5.69 Å². The molecule has 0 amide bonds. The first-order valence-electron chi connectivity index (χ1n) is 8.26. The Morgan fingerprint density at radius 2 is 1.88 bits per heavy atom. The van der Waals surface area contributed by atoms with Gasteiger partial charge in [0.25, 0.3) is 5.69 Å². The van der Waals surface area contributed by atoms with Crippen LogP contribution < -0.4 is 9.47 Å². The van der Waals surface area contributed by atoms with E-state index in [2.05, 4.69) is 11.8 Å². The van der Waals surface area contributed by atoms with Crippen LogP contribution in [-0.2, 0) is 13.0 Å². The van der Waals surface area contributed by atoms with Crippen LogP contribution in [0.3, 0.4) is 0 Å². The van der Waals surface area contributed by atoms with Crippen LogP contribution in [0.4, 0.5) is 5.69 Å². The highest BCUT2D eigenvalue weighted by Gasteiger charge is 2.27. The quantitative estimate of drug-likeness (QED) is 0.612. The maximum atomic E-state index is 11.3. The lowest BCUT2D eigenvalue weighted by Crippen LogP contribution is -2.33. The van der Waals surface area contributed by atoms with Gasteiger partial charge in [0.1, 0.15) is 0 Å². The van der Waals surface area contributed by atoms with Crippen molar-refractivity contribution in [2.24, 2.45) is 0 Å². The van der Waals surface area contributed by atoms with Crippen molar-refractivity contribution in [1.82, 2.24) is 4.90 Å². The average molecular weight is 342 g/mol. The highest BCUT2D eigenvalue weighted by Crippen LogP contribution is 2.38. The van der Waals surface area contributed by atoms with Gasteiger partial charge in [-0.05, 0) is 36.6 Å². The number of rotatable bonds is 5. The van der Waals surface area contributed by atoms with Gasteiger partial charge in [0.2, 0.25) is 0 Å². The maximum absolute atomic E-state index is 11.3. The van der Waals surface area contributed by atoms with Crippen LogP contribution in [-0.4, -0.2) is 30.6 Å². The minimum Gasteiger partial charge on any atom is -0.493 e. The number of benzene rings is 2. The second-order valence-corrected chi connectivity index (χ2v) is 6.19. The first-order chi connectivity index (χ1) is 12.0. The van der Waals surface area contributed by atoms with Crippen LogP contribution in [0.5, 0.6) is 11.5 Å². The molecule has 6 heteroatoms. The van der Waals surface area contributed by atoms with Crippen LogP contribution in [0, 0.1) is 10.1 Å². The lowest BCUT2D eigenvalue weighted by Gasteiger charge is -2.35. The third-order valence-electron chi connectivity index (χ3n) is 4.87. The summed E-state index contributed by atoms with van der Waals surface area (Å²) >= 11 is 0. The molecule has 0 aliphatic carbocycles. The molecule has 1 atom stereocenters. The molecule has 132 valence electrons. The predicted molar refractivity (Wildman–Crippen MR) is 95.2 cm³/mol. The van der Waals surface area contributed by atoms with Crippen molar-refractivity contribution in [3.8, 4) is 11.5 Å². The Kier molecular flexibility index (Phi) is 4.90. The molecule has 0 spiro atoms. The lowest BCUT2D eigenvalue weighted by molar-refractivity contribution is -0.385. The highest BCUT2D eigenvalue weighted by atomic mass is 16.6. The molecule has 2 aromatic rings. The number of hydrogen-bond acceptors (Lipinski definition) is 5. The lowest BCUT2D eigenvalue weighted by atomic mass is 9.92. The van der Waals surface area contributed by atoms with Crippen molar-refractivity contribution in [3.63, 3.8) is 0 Å². The van der Waals surface area contributed by atoms with E-state index in [9.17, 15) is 10.1 Å². The fourth-order valence-electron chi connectivity index (χ4n) is 3.45. The molecule has 25 heavy (non-hydrogen) atoms.